The zero-order valence-corrected chi connectivity index (χ0v) is 13.2. The number of hydrogen-bond donors (Lipinski definition) is 1. The predicted molar refractivity (Wildman–Crippen MR) is 82.0 cm³/mol. The molecule has 2 heterocycles. The summed E-state index contributed by atoms with van der Waals surface area (Å²) in [4.78, 5) is 0. The van der Waals surface area contributed by atoms with E-state index in [2.05, 4.69) is 43.0 Å². The summed E-state index contributed by atoms with van der Waals surface area (Å²) in [5, 5.41) is 8.33. The van der Waals surface area contributed by atoms with Gasteiger partial charge in [0.05, 0.1) is 5.69 Å². The summed E-state index contributed by atoms with van der Waals surface area (Å²) in [6, 6.07) is 2.62. The Hall–Kier alpha value is -0.870. The van der Waals surface area contributed by atoms with E-state index in [1.807, 2.05) is 0 Å². The van der Waals surface area contributed by atoms with E-state index in [1.165, 1.54) is 12.1 Å². The molecule has 20 heavy (non-hydrogen) atoms. The summed E-state index contributed by atoms with van der Waals surface area (Å²) >= 11 is 0. The van der Waals surface area contributed by atoms with Crippen LogP contribution in [0.15, 0.2) is 12.3 Å². The Labute approximate surface area is 122 Å². The summed E-state index contributed by atoms with van der Waals surface area (Å²) in [5.41, 5.74) is 1.54. The Balaban J connectivity index is 2.02. The Morgan fingerprint density at radius 1 is 1.40 bits per heavy atom. The highest BCUT2D eigenvalue weighted by atomic mass is 16.5. The van der Waals surface area contributed by atoms with Crippen LogP contribution in [0.5, 0.6) is 0 Å². The molecule has 4 heteroatoms. The lowest BCUT2D eigenvalue weighted by Crippen LogP contribution is -2.41. The van der Waals surface area contributed by atoms with Crippen molar-refractivity contribution in [1.29, 1.82) is 0 Å². The highest BCUT2D eigenvalue weighted by Crippen LogP contribution is 2.33. The molecule has 0 amide bonds. The predicted octanol–water partition coefficient (Wildman–Crippen LogP) is 2.80. The minimum Gasteiger partial charge on any atom is -0.381 e. The van der Waals surface area contributed by atoms with Gasteiger partial charge in [-0.1, -0.05) is 6.92 Å². The molecular formula is C16H29N3O. The Bertz CT molecular complexity index is 394. The lowest BCUT2D eigenvalue weighted by Gasteiger charge is -2.37. The van der Waals surface area contributed by atoms with Crippen LogP contribution in [0.1, 0.15) is 51.8 Å². The van der Waals surface area contributed by atoms with E-state index < -0.39 is 0 Å². The van der Waals surface area contributed by atoms with Crippen LogP contribution in [0.25, 0.3) is 0 Å². The maximum absolute atomic E-state index is 5.56. The molecule has 4 nitrogen and oxygen atoms in total. The van der Waals surface area contributed by atoms with E-state index in [0.29, 0.717) is 11.5 Å². The van der Waals surface area contributed by atoms with Crippen LogP contribution in [0.3, 0.4) is 0 Å². The molecular weight excluding hydrogens is 250 g/mol. The van der Waals surface area contributed by atoms with E-state index in [9.17, 15) is 0 Å². The van der Waals surface area contributed by atoms with Crippen LogP contribution in [-0.4, -0.2) is 36.1 Å². The highest BCUT2D eigenvalue weighted by Gasteiger charge is 2.33. The van der Waals surface area contributed by atoms with E-state index in [1.54, 1.807) is 0 Å². The molecule has 0 aromatic carbocycles. The van der Waals surface area contributed by atoms with Crippen molar-refractivity contribution in [1.82, 2.24) is 15.1 Å². The molecule has 1 aliphatic heterocycles. The third kappa shape index (κ3) is 4.06. The fourth-order valence-corrected chi connectivity index (χ4v) is 2.89. The molecule has 0 unspecified atom stereocenters. The SMILES string of the molecule is CCCNCC1(Cc2ccn(C(C)C)n2)CCOCC1. The van der Waals surface area contributed by atoms with Crippen LogP contribution in [0.4, 0.5) is 0 Å². The molecule has 0 bridgehead atoms. The molecule has 114 valence electrons. The lowest BCUT2D eigenvalue weighted by molar-refractivity contribution is 0.0145. The number of ether oxygens (including phenoxy) is 1. The molecule has 1 aromatic rings. The van der Waals surface area contributed by atoms with Crippen molar-refractivity contribution in [3.8, 4) is 0 Å². The summed E-state index contributed by atoms with van der Waals surface area (Å²) in [6.07, 6.45) is 6.63. The first kappa shape index (κ1) is 15.5. The fourth-order valence-electron chi connectivity index (χ4n) is 2.89. The van der Waals surface area contributed by atoms with Crippen molar-refractivity contribution in [3.05, 3.63) is 18.0 Å². The molecule has 1 fully saturated rings. The standard InChI is InChI=1S/C16H29N3O/c1-4-8-17-13-16(6-10-20-11-7-16)12-15-5-9-19(18-15)14(2)3/h5,9,14,17H,4,6-8,10-13H2,1-3H3. The summed E-state index contributed by atoms with van der Waals surface area (Å²) < 4.78 is 7.62. The summed E-state index contributed by atoms with van der Waals surface area (Å²) in [6.45, 7) is 10.5. The van der Waals surface area contributed by atoms with Crippen LogP contribution in [0, 0.1) is 5.41 Å². The molecule has 1 N–H and O–H groups in total. The second-order valence-corrected chi connectivity index (χ2v) is 6.35. The number of nitrogens with zero attached hydrogens (tertiary/aromatic N) is 2. The zero-order valence-electron chi connectivity index (χ0n) is 13.2. The maximum Gasteiger partial charge on any atom is 0.0630 e. The van der Waals surface area contributed by atoms with Gasteiger partial charge in [-0.25, -0.2) is 0 Å². The largest absolute Gasteiger partial charge is 0.381 e. The fraction of sp³-hybridized carbons (Fsp3) is 0.812. The van der Waals surface area contributed by atoms with E-state index in [-0.39, 0.29) is 0 Å². The monoisotopic (exact) mass is 279 g/mol. The topological polar surface area (TPSA) is 39.1 Å². The van der Waals surface area contributed by atoms with Crippen LogP contribution in [-0.2, 0) is 11.2 Å². The Kier molecular flexibility index (Phi) is 5.61. The zero-order chi connectivity index (χ0) is 14.4. The third-order valence-corrected chi connectivity index (χ3v) is 4.23. The van der Waals surface area contributed by atoms with Crippen molar-refractivity contribution < 1.29 is 4.74 Å². The highest BCUT2D eigenvalue weighted by molar-refractivity contribution is 5.05. The van der Waals surface area contributed by atoms with Gasteiger partial charge in [-0.3, -0.25) is 4.68 Å². The maximum atomic E-state index is 5.56. The molecule has 0 atom stereocenters. The molecule has 2 rings (SSSR count). The molecule has 0 saturated carbocycles. The Morgan fingerprint density at radius 3 is 2.75 bits per heavy atom. The van der Waals surface area contributed by atoms with Gasteiger partial charge in [0.15, 0.2) is 0 Å². The van der Waals surface area contributed by atoms with Gasteiger partial charge in [-0.05, 0) is 57.6 Å². The summed E-state index contributed by atoms with van der Waals surface area (Å²) in [5.74, 6) is 0. The van der Waals surface area contributed by atoms with E-state index >= 15 is 0 Å². The van der Waals surface area contributed by atoms with Gasteiger partial charge < -0.3 is 10.1 Å². The normalized spacial score (nSPS) is 18.6. The first-order valence-corrected chi connectivity index (χ1v) is 7.98. The van der Waals surface area contributed by atoms with Gasteiger partial charge in [0, 0.05) is 32.0 Å². The second-order valence-electron chi connectivity index (χ2n) is 6.35. The first-order valence-electron chi connectivity index (χ1n) is 7.98. The second kappa shape index (κ2) is 7.23. The van der Waals surface area contributed by atoms with Crippen molar-refractivity contribution in [2.45, 2.75) is 52.5 Å². The molecule has 0 aliphatic carbocycles. The minimum absolute atomic E-state index is 0.323. The van der Waals surface area contributed by atoms with Gasteiger partial charge in [-0.15, -0.1) is 0 Å². The number of rotatable bonds is 7. The van der Waals surface area contributed by atoms with Crippen molar-refractivity contribution in [2.75, 3.05) is 26.3 Å². The number of aromatic nitrogens is 2. The first-order chi connectivity index (χ1) is 9.65. The quantitative estimate of drug-likeness (QED) is 0.780. The molecule has 1 aromatic heterocycles. The van der Waals surface area contributed by atoms with Gasteiger partial charge in [0.2, 0.25) is 0 Å². The van der Waals surface area contributed by atoms with Gasteiger partial charge in [-0.2, -0.15) is 5.10 Å². The molecule has 1 saturated heterocycles. The van der Waals surface area contributed by atoms with Gasteiger partial charge in [0.25, 0.3) is 0 Å². The average molecular weight is 279 g/mol. The molecule has 0 spiro atoms. The van der Waals surface area contributed by atoms with Crippen molar-refractivity contribution in [2.24, 2.45) is 5.41 Å². The Morgan fingerprint density at radius 2 is 2.15 bits per heavy atom. The van der Waals surface area contributed by atoms with Crippen molar-refractivity contribution in [3.63, 3.8) is 0 Å². The molecule has 1 aliphatic rings. The number of hydrogen-bond acceptors (Lipinski definition) is 3. The molecule has 0 radical (unpaired) electrons. The third-order valence-electron chi connectivity index (χ3n) is 4.23. The average Bonchev–Trinajstić information content (AvgIpc) is 2.88. The van der Waals surface area contributed by atoms with Crippen LogP contribution in [0.2, 0.25) is 0 Å². The van der Waals surface area contributed by atoms with E-state index in [0.717, 1.165) is 45.6 Å². The minimum atomic E-state index is 0.323. The van der Waals surface area contributed by atoms with E-state index in [4.69, 9.17) is 9.84 Å². The van der Waals surface area contributed by atoms with Crippen LogP contribution >= 0.6 is 0 Å². The summed E-state index contributed by atoms with van der Waals surface area (Å²) in [7, 11) is 0. The number of nitrogens with one attached hydrogen (secondary N) is 1. The van der Waals surface area contributed by atoms with Gasteiger partial charge in [0.1, 0.15) is 0 Å². The lowest BCUT2D eigenvalue weighted by atomic mass is 9.76. The van der Waals surface area contributed by atoms with Gasteiger partial charge >= 0.3 is 0 Å². The smallest absolute Gasteiger partial charge is 0.0630 e. The van der Waals surface area contributed by atoms with Crippen LogP contribution < -0.4 is 5.32 Å². The van der Waals surface area contributed by atoms with Crippen molar-refractivity contribution >= 4 is 0 Å².